The molecular formula is C21H24N6O6. The van der Waals surface area contributed by atoms with E-state index < -0.39 is 4.92 Å². The second kappa shape index (κ2) is 11.0. The Morgan fingerprint density at radius 3 is 2.67 bits per heavy atom. The van der Waals surface area contributed by atoms with Crippen LogP contribution in [-0.4, -0.2) is 49.3 Å². The Balaban J connectivity index is 1.56. The number of nitro benzene ring substituents is 1. The Morgan fingerprint density at radius 2 is 1.97 bits per heavy atom. The highest BCUT2D eigenvalue weighted by molar-refractivity contribution is 5.77. The summed E-state index contributed by atoms with van der Waals surface area (Å²) in [5.41, 5.74) is 0.818. The van der Waals surface area contributed by atoms with E-state index in [9.17, 15) is 24.5 Å². The maximum atomic E-state index is 12.8. The van der Waals surface area contributed by atoms with Gasteiger partial charge in [-0.1, -0.05) is 12.1 Å². The van der Waals surface area contributed by atoms with Crippen molar-refractivity contribution in [2.45, 2.75) is 39.3 Å². The molecule has 0 aliphatic rings. The number of esters is 1. The maximum absolute atomic E-state index is 12.8. The first-order valence-corrected chi connectivity index (χ1v) is 10.5. The second-order valence-corrected chi connectivity index (χ2v) is 7.21. The molecule has 2 aromatic heterocycles. The smallest absolute Gasteiger partial charge is 0.305 e. The monoisotopic (exact) mass is 456 g/mol. The molecule has 0 saturated carbocycles. The normalized spacial score (nSPS) is 10.8. The fraction of sp³-hybridized carbons (Fsp3) is 0.381. The lowest BCUT2D eigenvalue weighted by Crippen LogP contribution is -2.27. The Bertz CT molecular complexity index is 1200. The molecule has 12 nitrogen and oxygen atoms in total. The zero-order valence-corrected chi connectivity index (χ0v) is 18.1. The molecule has 2 heterocycles. The van der Waals surface area contributed by atoms with Crippen LogP contribution in [-0.2, 0) is 27.4 Å². The molecule has 3 aromatic rings. The molecule has 0 aliphatic heterocycles. The SMILES string of the molecule is CCOC(=O)CCCC(=O)NCCn1ncc2c(=O)n(Cc3ccc([N+](=O)[O-])cc3)cnc21. The van der Waals surface area contributed by atoms with Crippen LogP contribution in [0.4, 0.5) is 5.69 Å². The summed E-state index contributed by atoms with van der Waals surface area (Å²) in [6.45, 7) is 2.88. The summed E-state index contributed by atoms with van der Waals surface area (Å²) in [7, 11) is 0. The zero-order valence-electron chi connectivity index (χ0n) is 18.1. The Hall–Kier alpha value is -4.09. The molecule has 0 fully saturated rings. The predicted octanol–water partition coefficient (Wildman–Crippen LogP) is 1.40. The van der Waals surface area contributed by atoms with E-state index in [0.717, 1.165) is 5.56 Å². The Morgan fingerprint density at radius 1 is 1.21 bits per heavy atom. The van der Waals surface area contributed by atoms with Gasteiger partial charge in [0.05, 0.1) is 30.8 Å². The summed E-state index contributed by atoms with van der Waals surface area (Å²) < 4.78 is 7.76. The highest BCUT2D eigenvalue weighted by Crippen LogP contribution is 2.13. The first kappa shape index (κ1) is 23.6. The lowest BCUT2D eigenvalue weighted by atomic mass is 10.2. The largest absolute Gasteiger partial charge is 0.466 e. The van der Waals surface area contributed by atoms with Crippen LogP contribution < -0.4 is 10.9 Å². The summed E-state index contributed by atoms with van der Waals surface area (Å²) in [5.74, 6) is -0.507. The van der Waals surface area contributed by atoms with E-state index in [1.54, 1.807) is 19.1 Å². The average molecular weight is 456 g/mol. The molecule has 0 atom stereocenters. The molecule has 0 aliphatic carbocycles. The fourth-order valence-corrected chi connectivity index (χ4v) is 3.21. The number of amides is 1. The van der Waals surface area contributed by atoms with Crippen molar-refractivity contribution in [2.24, 2.45) is 0 Å². The third-order valence-electron chi connectivity index (χ3n) is 4.86. The van der Waals surface area contributed by atoms with Crippen LogP contribution in [0.5, 0.6) is 0 Å². The van der Waals surface area contributed by atoms with Crippen LogP contribution in [0.1, 0.15) is 31.7 Å². The van der Waals surface area contributed by atoms with Gasteiger partial charge in [0.2, 0.25) is 5.91 Å². The van der Waals surface area contributed by atoms with Crippen LogP contribution >= 0.6 is 0 Å². The van der Waals surface area contributed by atoms with E-state index in [1.165, 1.54) is 33.9 Å². The van der Waals surface area contributed by atoms with Gasteiger partial charge in [-0.05, 0) is 18.9 Å². The molecule has 0 radical (unpaired) electrons. The molecule has 12 heteroatoms. The minimum absolute atomic E-state index is 0.0213. The van der Waals surface area contributed by atoms with Crippen molar-refractivity contribution in [1.29, 1.82) is 0 Å². The van der Waals surface area contributed by atoms with Gasteiger partial charge in [0.1, 0.15) is 11.7 Å². The van der Waals surface area contributed by atoms with Crippen LogP contribution in [0.3, 0.4) is 0 Å². The first-order chi connectivity index (χ1) is 15.9. The summed E-state index contributed by atoms with van der Waals surface area (Å²) in [4.78, 5) is 50.6. The third kappa shape index (κ3) is 6.21. The lowest BCUT2D eigenvalue weighted by molar-refractivity contribution is -0.384. The zero-order chi connectivity index (χ0) is 23.8. The Kier molecular flexibility index (Phi) is 7.84. The van der Waals surface area contributed by atoms with Crippen molar-refractivity contribution in [3.63, 3.8) is 0 Å². The minimum Gasteiger partial charge on any atom is -0.466 e. The number of ether oxygens (including phenoxy) is 1. The van der Waals surface area contributed by atoms with Gasteiger partial charge in [-0.25, -0.2) is 9.67 Å². The number of rotatable bonds is 11. The van der Waals surface area contributed by atoms with E-state index in [-0.39, 0.29) is 42.5 Å². The quantitative estimate of drug-likeness (QED) is 0.258. The number of non-ortho nitro benzene ring substituents is 1. The van der Waals surface area contributed by atoms with E-state index in [0.29, 0.717) is 37.2 Å². The number of nitrogens with zero attached hydrogens (tertiary/aromatic N) is 5. The minimum atomic E-state index is -0.482. The highest BCUT2D eigenvalue weighted by Gasteiger charge is 2.12. The van der Waals surface area contributed by atoms with Crippen molar-refractivity contribution in [3.8, 4) is 0 Å². The Labute approximate surface area is 188 Å². The molecule has 0 unspecified atom stereocenters. The molecule has 174 valence electrons. The highest BCUT2D eigenvalue weighted by atomic mass is 16.6. The van der Waals surface area contributed by atoms with Crippen LogP contribution in [0.2, 0.25) is 0 Å². The van der Waals surface area contributed by atoms with Crippen LogP contribution in [0.15, 0.2) is 41.6 Å². The van der Waals surface area contributed by atoms with Gasteiger partial charge >= 0.3 is 5.97 Å². The number of aromatic nitrogens is 4. The standard InChI is InChI=1S/C21H24N6O6/c1-2-33-19(29)5-3-4-18(28)22-10-11-26-20-17(12-24-26)21(30)25(14-23-20)13-15-6-8-16(9-7-15)27(31)32/h6-9,12,14H,2-5,10-11,13H2,1H3,(H,22,28). The van der Waals surface area contributed by atoms with E-state index >= 15 is 0 Å². The van der Waals surface area contributed by atoms with Gasteiger partial charge in [-0.3, -0.25) is 29.1 Å². The van der Waals surface area contributed by atoms with Gasteiger partial charge in [0.25, 0.3) is 11.2 Å². The number of benzene rings is 1. The van der Waals surface area contributed by atoms with E-state index in [1.807, 2.05) is 0 Å². The van der Waals surface area contributed by atoms with Crippen molar-refractivity contribution in [3.05, 3.63) is 62.8 Å². The number of hydrogen-bond donors (Lipinski definition) is 1. The fourth-order valence-electron chi connectivity index (χ4n) is 3.21. The number of nitrogens with one attached hydrogen (secondary N) is 1. The van der Waals surface area contributed by atoms with Gasteiger partial charge in [-0.2, -0.15) is 5.10 Å². The van der Waals surface area contributed by atoms with Gasteiger partial charge in [0.15, 0.2) is 5.65 Å². The molecule has 33 heavy (non-hydrogen) atoms. The molecular weight excluding hydrogens is 432 g/mol. The summed E-state index contributed by atoms with van der Waals surface area (Å²) in [6, 6.07) is 5.95. The molecule has 1 amide bonds. The number of carbonyl (C=O) groups excluding carboxylic acids is 2. The van der Waals surface area contributed by atoms with Gasteiger partial charge in [0, 0.05) is 31.5 Å². The van der Waals surface area contributed by atoms with Gasteiger partial charge < -0.3 is 10.1 Å². The van der Waals surface area contributed by atoms with Crippen LogP contribution in [0, 0.1) is 10.1 Å². The molecule has 0 spiro atoms. The number of nitro groups is 1. The van der Waals surface area contributed by atoms with Crippen molar-refractivity contribution < 1.29 is 19.2 Å². The average Bonchev–Trinajstić information content (AvgIpc) is 3.20. The number of hydrogen-bond acceptors (Lipinski definition) is 8. The predicted molar refractivity (Wildman–Crippen MR) is 117 cm³/mol. The maximum Gasteiger partial charge on any atom is 0.305 e. The first-order valence-electron chi connectivity index (χ1n) is 10.5. The van der Waals surface area contributed by atoms with Crippen LogP contribution in [0.25, 0.3) is 11.0 Å². The lowest BCUT2D eigenvalue weighted by Gasteiger charge is -2.08. The molecule has 3 rings (SSSR count). The topological polar surface area (TPSA) is 151 Å². The third-order valence-corrected chi connectivity index (χ3v) is 4.86. The second-order valence-electron chi connectivity index (χ2n) is 7.21. The van der Waals surface area contributed by atoms with Crippen molar-refractivity contribution in [1.82, 2.24) is 24.6 Å². The summed E-state index contributed by atoms with van der Waals surface area (Å²) in [6.07, 6.45) is 3.65. The molecule has 1 aromatic carbocycles. The number of carbonyl (C=O) groups is 2. The van der Waals surface area contributed by atoms with Crippen molar-refractivity contribution >= 4 is 28.6 Å². The van der Waals surface area contributed by atoms with E-state index in [4.69, 9.17) is 4.74 Å². The summed E-state index contributed by atoms with van der Waals surface area (Å²) in [5, 5.41) is 18.0. The number of fused-ring (bicyclic) bond motifs is 1. The molecule has 0 bridgehead atoms. The molecule has 1 N–H and O–H groups in total. The summed E-state index contributed by atoms with van der Waals surface area (Å²) >= 11 is 0. The van der Waals surface area contributed by atoms with Gasteiger partial charge in [-0.15, -0.1) is 0 Å². The van der Waals surface area contributed by atoms with E-state index in [2.05, 4.69) is 15.4 Å². The van der Waals surface area contributed by atoms with Crippen molar-refractivity contribution in [2.75, 3.05) is 13.2 Å². The molecule has 0 saturated heterocycles.